The number of ether oxygens (including phenoxy) is 2. The lowest BCUT2D eigenvalue weighted by Gasteiger charge is -2.26. The van der Waals surface area contributed by atoms with Crippen molar-refractivity contribution < 1.29 is 19.1 Å². The van der Waals surface area contributed by atoms with Crippen molar-refractivity contribution in [2.24, 2.45) is 0 Å². The summed E-state index contributed by atoms with van der Waals surface area (Å²) in [5.41, 5.74) is 1.34. The Morgan fingerprint density at radius 1 is 1.25 bits per heavy atom. The van der Waals surface area contributed by atoms with Gasteiger partial charge in [0.2, 0.25) is 5.91 Å². The Bertz CT molecular complexity index is 563. The molecule has 130 valence electrons. The number of amides is 1. The third kappa shape index (κ3) is 6.14. The van der Waals surface area contributed by atoms with Gasteiger partial charge in [0.1, 0.15) is 0 Å². The van der Waals surface area contributed by atoms with Gasteiger partial charge in [-0.05, 0) is 36.7 Å². The van der Waals surface area contributed by atoms with Gasteiger partial charge in [-0.3, -0.25) is 9.69 Å². The van der Waals surface area contributed by atoms with E-state index >= 15 is 0 Å². The summed E-state index contributed by atoms with van der Waals surface area (Å²) >= 11 is 0. The molecule has 0 atom stereocenters. The number of morpholine rings is 1. The lowest BCUT2D eigenvalue weighted by Crippen LogP contribution is -2.38. The van der Waals surface area contributed by atoms with Crippen LogP contribution in [-0.4, -0.2) is 63.3 Å². The molecule has 0 bridgehead atoms. The SMILES string of the molecule is COC(=O)c1ccc(/C=C/C(=O)NCCCN2CCOCC2)cc1. The van der Waals surface area contributed by atoms with Crippen LogP contribution < -0.4 is 5.32 Å². The molecular formula is C18H24N2O4. The van der Waals surface area contributed by atoms with Gasteiger partial charge in [-0.25, -0.2) is 4.79 Å². The van der Waals surface area contributed by atoms with Crippen LogP contribution in [0.5, 0.6) is 0 Å². The molecule has 1 amide bonds. The fraction of sp³-hybridized carbons (Fsp3) is 0.444. The smallest absolute Gasteiger partial charge is 0.337 e. The van der Waals surface area contributed by atoms with E-state index in [4.69, 9.17) is 4.74 Å². The molecule has 6 nitrogen and oxygen atoms in total. The van der Waals surface area contributed by atoms with Crippen LogP contribution in [0.1, 0.15) is 22.3 Å². The number of nitrogens with one attached hydrogen (secondary N) is 1. The number of benzene rings is 1. The van der Waals surface area contributed by atoms with Crippen molar-refractivity contribution in [1.82, 2.24) is 10.2 Å². The van der Waals surface area contributed by atoms with Crippen molar-refractivity contribution in [2.75, 3.05) is 46.5 Å². The normalized spacial score (nSPS) is 15.4. The Morgan fingerprint density at radius 2 is 1.96 bits per heavy atom. The van der Waals surface area contributed by atoms with E-state index in [1.165, 1.54) is 13.2 Å². The molecule has 2 rings (SSSR count). The first kappa shape index (κ1) is 18.2. The molecule has 1 heterocycles. The lowest BCUT2D eigenvalue weighted by atomic mass is 10.1. The van der Waals surface area contributed by atoms with Crippen molar-refractivity contribution in [3.63, 3.8) is 0 Å². The summed E-state index contributed by atoms with van der Waals surface area (Å²) in [6.07, 6.45) is 4.15. The number of methoxy groups -OCH3 is 1. The highest BCUT2D eigenvalue weighted by Crippen LogP contribution is 2.07. The molecule has 0 spiro atoms. The standard InChI is InChI=1S/C18H24N2O4/c1-23-18(22)16-6-3-15(4-7-16)5-8-17(21)19-9-2-10-20-11-13-24-14-12-20/h3-8H,2,9-14H2,1H3,(H,19,21)/b8-5+. The Labute approximate surface area is 142 Å². The number of carbonyl (C=O) groups is 2. The van der Waals surface area contributed by atoms with E-state index in [-0.39, 0.29) is 11.9 Å². The van der Waals surface area contributed by atoms with Gasteiger partial charge in [-0.1, -0.05) is 12.1 Å². The highest BCUT2D eigenvalue weighted by atomic mass is 16.5. The molecule has 6 heteroatoms. The van der Waals surface area contributed by atoms with Gasteiger partial charge < -0.3 is 14.8 Å². The Morgan fingerprint density at radius 3 is 2.62 bits per heavy atom. The summed E-state index contributed by atoms with van der Waals surface area (Å²) in [4.78, 5) is 25.5. The number of carbonyl (C=O) groups excluding carboxylic acids is 2. The van der Waals surface area contributed by atoms with Crippen molar-refractivity contribution in [2.45, 2.75) is 6.42 Å². The molecule has 0 saturated carbocycles. The quantitative estimate of drug-likeness (QED) is 0.463. The highest BCUT2D eigenvalue weighted by Gasteiger charge is 2.09. The van der Waals surface area contributed by atoms with Gasteiger partial charge in [-0.15, -0.1) is 0 Å². The summed E-state index contributed by atoms with van der Waals surface area (Å²) in [6.45, 7) is 5.16. The topological polar surface area (TPSA) is 67.9 Å². The average molecular weight is 332 g/mol. The first-order valence-electron chi connectivity index (χ1n) is 8.13. The number of hydrogen-bond donors (Lipinski definition) is 1. The second kappa shape index (κ2) is 9.85. The van der Waals surface area contributed by atoms with E-state index < -0.39 is 0 Å². The summed E-state index contributed by atoms with van der Waals surface area (Å²) in [7, 11) is 1.35. The summed E-state index contributed by atoms with van der Waals surface area (Å²) in [5, 5.41) is 2.87. The van der Waals surface area contributed by atoms with E-state index in [9.17, 15) is 9.59 Å². The first-order valence-corrected chi connectivity index (χ1v) is 8.13. The molecular weight excluding hydrogens is 308 g/mol. The van der Waals surface area contributed by atoms with Gasteiger partial charge in [0.25, 0.3) is 0 Å². The van der Waals surface area contributed by atoms with Crippen LogP contribution in [0.25, 0.3) is 6.08 Å². The molecule has 0 aliphatic carbocycles. The fourth-order valence-corrected chi connectivity index (χ4v) is 2.42. The molecule has 1 saturated heterocycles. The van der Waals surface area contributed by atoms with Crippen LogP contribution in [-0.2, 0) is 14.3 Å². The monoisotopic (exact) mass is 332 g/mol. The largest absolute Gasteiger partial charge is 0.465 e. The Hall–Kier alpha value is -2.18. The van der Waals surface area contributed by atoms with Gasteiger partial charge in [0.05, 0.1) is 25.9 Å². The zero-order valence-corrected chi connectivity index (χ0v) is 14.0. The predicted octanol–water partition coefficient (Wildman–Crippen LogP) is 1.32. The van der Waals surface area contributed by atoms with Crippen LogP contribution in [0.2, 0.25) is 0 Å². The van der Waals surface area contributed by atoms with Crippen molar-refractivity contribution in [1.29, 1.82) is 0 Å². The van der Waals surface area contributed by atoms with Crippen LogP contribution in [0, 0.1) is 0 Å². The van der Waals surface area contributed by atoms with E-state index in [0.29, 0.717) is 12.1 Å². The van der Waals surface area contributed by atoms with E-state index in [1.54, 1.807) is 30.3 Å². The second-order valence-corrected chi connectivity index (χ2v) is 5.55. The minimum Gasteiger partial charge on any atom is -0.465 e. The maximum Gasteiger partial charge on any atom is 0.337 e. The molecule has 1 aromatic carbocycles. The minimum atomic E-state index is -0.372. The molecule has 0 unspecified atom stereocenters. The second-order valence-electron chi connectivity index (χ2n) is 5.55. The zero-order chi connectivity index (χ0) is 17.2. The molecule has 1 fully saturated rings. The third-order valence-corrected chi connectivity index (χ3v) is 3.81. The highest BCUT2D eigenvalue weighted by molar-refractivity contribution is 5.92. The molecule has 0 aromatic heterocycles. The van der Waals surface area contributed by atoms with E-state index in [1.807, 2.05) is 0 Å². The van der Waals surface area contributed by atoms with Crippen LogP contribution >= 0.6 is 0 Å². The molecule has 1 aliphatic rings. The van der Waals surface area contributed by atoms with Gasteiger partial charge in [0, 0.05) is 25.7 Å². The van der Waals surface area contributed by atoms with Gasteiger partial charge in [0.15, 0.2) is 0 Å². The molecule has 0 radical (unpaired) electrons. The molecule has 1 N–H and O–H groups in total. The van der Waals surface area contributed by atoms with Crippen LogP contribution in [0.3, 0.4) is 0 Å². The maximum absolute atomic E-state index is 11.8. The van der Waals surface area contributed by atoms with Crippen LogP contribution in [0.15, 0.2) is 30.3 Å². The summed E-state index contributed by atoms with van der Waals surface area (Å²) in [6, 6.07) is 6.89. The number of nitrogens with zero attached hydrogens (tertiary/aromatic N) is 1. The maximum atomic E-state index is 11.8. The van der Waals surface area contributed by atoms with Crippen molar-refractivity contribution in [3.8, 4) is 0 Å². The molecule has 1 aromatic rings. The average Bonchev–Trinajstić information content (AvgIpc) is 2.64. The first-order chi connectivity index (χ1) is 11.7. The number of rotatable bonds is 7. The van der Waals surface area contributed by atoms with Crippen molar-refractivity contribution >= 4 is 18.0 Å². The third-order valence-electron chi connectivity index (χ3n) is 3.81. The van der Waals surface area contributed by atoms with Crippen LogP contribution in [0.4, 0.5) is 0 Å². The van der Waals surface area contributed by atoms with E-state index in [0.717, 1.165) is 44.8 Å². The van der Waals surface area contributed by atoms with Gasteiger partial charge in [-0.2, -0.15) is 0 Å². The minimum absolute atomic E-state index is 0.117. The fourth-order valence-electron chi connectivity index (χ4n) is 2.42. The van der Waals surface area contributed by atoms with Crippen molar-refractivity contribution in [3.05, 3.63) is 41.5 Å². The predicted molar refractivity (Wildman–Crippen MR) is 91.7 cm³/mol. The number of hydrogen-bond acceptors (Lipinski definition) is 5. The lowest BCUT2D eigenvalue weighted by molar-refractivity contribution is -0.116. The zero-order valence-electron chi connectivity index (χ0n) is 14.0. The number of esters is 1. The summed E-state index contributed by atoms with van der Waals surface area (Å²) < 4.78 is 9.94. The molecule has 24 heavy (non-hydrogen) atoms. The summed E-state index contributed by atoms with van der Waals surface area (Å²) in [5.74, 6) is -0.488. The molecule has 1 aliphatic heterocycles. The Balaban J connectivity index is 1.67. The Kier molecular flexibility index (Phi) is 7.45. The van der Waals surface area contributed by atoms with Gasteiger partial charge >= 0.3 is 5.97 Å². The van der Waals surface area contributed by atoms with E-state index in [2.05, 4.69) is 15.0 Å².